The Bertz CT molecular complexity index is 295. The molecule has 1 heteroatoms. The molecule has 0 aromatic carbocycles. The van der Waals surface area contributed by atoms with Gasteiger partial charge in [0.25, 0.3) is 0 Å². The lowest BCUT2D eigenvalue weighted by molar-refractivity contribution is 0.269. The van der Waals surface area contributed by atoms with Crippen LogP contribution < -0.4 is 0 Å². The first kappa shape index (κ1) is 24.3. The molecule has 25 heavy (non-hydrogen) atoms. The van der Waals surface area contributed by atoms with Crippen molar-refractivity contribution >= 4 is 0 Å². The van der Waals surface area contributed by atoms with Crippen molar-refractivity contribution in [1.29, 1.82) is 0 Å². The third-order valence-electron chi connectivity index (χ3n) is 4.96. The molecule has 0 atom stereocenters. The first-order valence-electron chi connectivity index (χ1n) is 11.3. The Balaban J connectivity index is 3.76. The van der Waals surface area contributed by atoms with E-state index in [-0.39, 0.29) is 0 Å². The van der Waals surface area contributed by atoms with E-state index in [1.165, 1.54) is 101 Å². The van der Waals surface area contributed by atoms with Gasteiger partial charge in [-0.05, 0) is 38.8 Å². The number of unbranched alkanes of at least 4 members (excludes halogenated alkanes) is 12. The van der Waals surface area contributed by atoms with Gasteiger partial charge in [0.05, 0.1) is 11.5 Å². The molecule has 0 radical (unpaired) electrons. The maximum Gasteiger partial charge on any atom is 0.0993 e. The standard InChI is InChI=1S/C24H46O/c1-5-9-11-13-15-17-19-21-23(7-3)25-24(8-4)22-20-18-16-14-12-10-6-2/h7-8H,5-6,9-22H2,1-4H3/b23-7-,24-8-. The van der Waals surface area contributed by atoms with Crippen molar-refractivity contribution in [2.24, 2.45) is 0 Å². The molecule has 0 unspecified atom stereocenters. The Hall–Kier alpha value is -0.720. The minimum atomic E-state index is 1.10. The maximum absolute atomic E-state index is 6.16. The topological polar surface area (TPSA) is 9.23 Å². The Kier molecular flexibility index (Phi) is 19.0. The molecule has 0 saturated heterocycles. The number of hydrogen-bond acceptors (Lipinski definition) is 1. The van der Waals surface area contributed by atoms with Crippen molar-refractivity contribution in [2.45, 2.75) is 130 Å². The average molecular weight is 351 g/mol. The molecule has 0 bridgehead atoms. The van der Waals surface area contributed by atoms with Crippen LogP contribution in [0.3, 0.4) is 0 Å². The maximum atomic E-state index is 6.16. The summed E-state index contributed by atoms with van der Waals surface area (Å²) in [4.78, 5) is 0. The monoisotopic (exact) mass is 350 g/mol. The molecule has 0 aliphatic rings. The van der Waals surface area contributed by atoms with Gasteiger partial charge >= 0.3 is 0 Å². The highest BCUT2D eigenvalue weighted by Gasteiger charge is 2.03. The highest BCUT2D eigenvalue weighted by molar-refractivity contribution is 5.00. The van der Waals surface area contributed by atoms with Crippen molar-refractivity contribution in [3.05, 3.63) is 23.7 Å². The van der Waals surface area contributed by atoms with Gasteiger partial charge in [-0.15, -0.1) is 0 Å². The van der Waals surface area contributed by atoms with Crippen molar-refractivity contribution in [3.63, 3.8) is 0 Å². The van der Waals surface area contributed by atoms with E-state index in [2.05, 4.69) is 39.8 Å². The van der Waals surface area contributed by atoms with Crippen LogP contribution in [-0.2, 0) is 4.74 Å². The van der Waals surface area contributed by atoms with Gasteiger partial charge in [0, 0.05) is 12.8 Å². The smallest absolute Gasteiger partial charge is 0.0993 e. The Labute approximate surface area is 159 Å². The Morgan fingerprint density at radius 2 is 0.840 bits per heavy atom. The fourth-order valence-electron chi connectivity index (χ4n) is 3.19. The van der Waals surface area contributed by atoms with Crippen LogP contribution in [0.5, 0.6) is 0 Å². The zero-order valence-corrected chi connectivity index (χ0v) is 17.9. The summed E-state index contributed by atoms with van der Waals surface area (Å²) in [6, 6.07) is 0. The number of rotatable bonds is 18. The van der Waals surface area contributed by atoms with Crippen LogP contribution in [-0.4, -0.2) is 0 Å². The molecule has 0 heterocycles. The van der Waals surface area contributed by atoms with Crippen LogP contribution >= 0.6 is 0 Å². The minimum absolute atomic E-state index is 1.10. The van der Waals surface area contributed by atoms with E-state index in [0.29, 0.717) is 0 Å². The van der Waals surface area contributed by atoms with Crippen LogP contribution in [0.25, 0.3) is 0 Å². The fourth-order valence-corrected chi connectivity index (χ4v) is 3.19. The second-order valence-electron chi connectivity index (χ2n) is 7.35. The summed E-state index contributed by atoms with van der Waals surface area (Å²) in [5, 5.41) is 0. The zero-order chi connectivity index (χ0) is 18.6. The summed E-state index contributed by atoms with van der Waals surface area (Å²) in [6.45, 7) is 8.77. The highest BCUT2D eigenvalue weighted by Crippen LogP contribution is 2.20. The molecule has 0 aromatic heterocycles. The third-order valence-corrected chi connectivity index (χ3v) is 4.96. The minimum Gasteiger partial charge on any atom is -0.467 e. The van der Waals surface area contributed by atoms with E-state index in [9.17, 15) is 0 Å². The van der Waals surface area contributed by atoms with Gasteiger partial charge in [-0.1, -0.05) is 90.9 Å². The van der Waals surface area contributed by atoms with Gasteiger partial charge in [-0.3, -0.25) is 0 Å². The molecule has 0 saturated carbocycles. The first-order valence-corrected chi connectivity index (χ1v) is 11.3. The van der Waals surface area contributed by atoms with Crippen molar-refractivity contribution in [1.82, 2.24) is 0 Å². The molecule has 0 aromatic rings. The Morgan fingerprint density at radius 3 is 1.16 bits per heavy atom. The number of ether oxygens (including phenoxy) is 1. The SMILES string of the molecule is C/C=C(/CCCCCCCCC)O/C(=C\C)CCCCCCCCC. The second-order valence-corrected chi connectivity index (χ2v) is 7.35. The fraction of sp³-hybridized carbons (Fsp3) is 0.833. The van der Waals surface area contributed by atoms with Gasteiger partial charge in [-0.2, -0.15) is 0 Å². The van der Waals surface area contributed by atoms with Crippen LogP contribution in [0.2, 0.25) is 0 Å². The van der Waals surface area contributed by atoms with E-state index < -0.39 is 0 Å². The quantitative estimate of drug-likeness (QED) is 0.177. The van der Waals surface area contributed by atoms with E-state index in [1.807, 2.05) is 0 Å². The van der Waals surface area contributed by atoms with E-state index in [1.54, 1.807) is 0 Å². The molecule has 148 valence electrons. The molecule has 0 fully saturated rings. The summed E-state index contributed by atoms with van der Waals surface area (Å²) in [5.74, 6) is 2.34. The van der Waals surface area contributed by atoms with E-state index in [4.69, 9.17) is 4.74 Å². The predicted molar refractivity (Wildman–Crippen MR) is 114 cm³/mol. The van der Waals surface area contributed by atoms with Gasteiger partial charge in [0.15, 0.2) is 0 Å². The highest BCUT2D eigenvalue weighted by atomic mass is 16.5. The lowest BCUT2D eigenvalue weighted by Gasteiger charge is -2.13. The van der Waals surface area contributed by atoms with Gasteiger partial charge in [-0.25, -0.2) is 0 Å². The molecular weight excluding hydrogens is 304 g/mol. The van der Waals surface area contributed by atoms with Crippen LogP contribution in [0.1, 0.15) is 130 Å². The molecule has 0 aliphatic heterocycles. The molecule has 0 amide bonds. The summed E-state index contributed by atoms with van der Waals surface area (Å²) in [7, 11) is 0. The van der Waals surface area contributed by atoms with E-state index in [0.717, 1.165) is 12.8 Å². The zero-order valence-electron chi connectivity index (χ0n) is 17.9. The van der Waals surface area contributed by atoms with E-state index >= 15 is 0 Å². The number of hydrogen-bond donors (Lipinski definition) is 0. The molecule has 0 rings (SSSR count). The molecule has 1 nitrogen and oxygen atoms in total. The first-order chi connectivity index (χ1) is 12.3. The summed E-state index contributed by atoms with van der Waals surface area (Å²) >= 11 is 0. The van der Waals surface area contributed by atoms with Crippen LogP contribution in [0.4, 0.5) is 0 Å². The Morgan fingerprint density at radius 1 is 0.520 bits per heavy atom. The normalized spacial score (nSPS) is 12.6. The summed E-state index contributed by atoms with van der Waals surface area (Å²) in [5.41, 5.74) is 0. The van der Waals surface area contributed by atoms with Crippen LogP contribution in [0.15, 0.2) is 23.7 Å². The van der Waals surface area contributed by atoms with Gasteiger partial charge in [0.1, 0.15) is 0 Å². The van der Waals surface area contributed by atoms with Crippen molar-refractivity contribution in [3.8, 4) is 0 Å². The molecular formula is C24H46O. The molecule has 0 aliphatic carbocycles. The van der Waals surface area contributed by atoms with Gasteiger partial charge < -0.3 is 4.74 Å². The predicted octanol–water partition coefficient (Wildman–Crippen LogP) is 9.09. The third kappa shape index (κ3) is 16.5. The summed E-state index contributed by atoms with van der Waals surface area (Å²) < 4.78 is 6.16. The lowest BCUT2D eigenvalue weighted by Crippen LogP contribution is -1.95. The molecule has 0 N–H and O–H groups in total. The van der Waals surface area contributed by atoms with Gasteiger partial charge in [0.2, 0.25) is 0 Å². The second kappa shape index (κ2) is 19.6. The molecule has 0 spiro atoms. The lowest BCUT2D eigenvalue weighted by atomic mass is 10.1. The average Bonchev–Trinajstić information content (AvgIpc) is 2.64. The number of allylic oxidation sites excluding steroid dienone is 4. The van der Waals surface area contributed by atoms with Crippen molar-refractivity contribution < 1.29 is 4.74 Å². The largest absolute Gasteiger partial charge is 0.467 e. The van der Waals surface area contributed by atoms with Crippen molar-refractivity contribution in [2.75, 3.05) is 0 Å². The van der Waals surface area contributed by atoms with Crippen LogP contribution in [0, 0.1) is 0 Å². The summed E-state index contributed by atoms with van der Waals surface area (Å²) in [6.07, 6.45) is 25.6.